The van der Waals surface area contributed by atoms with Crippen LogP contribution in [0, 0.1) is 0 Å². The van der Waals surface area contributed by atoms with Crippen molar-refractivity contribution in [1.29, 1.82) is 0 Å². The molecule has 2 aromatic carbocycles. The van der Waals surface area contributed by atoms with Crippen LogP contribution < -0.4 is 0 Å². The van der Waals surface area contributed by atoms with Gasteiger partial charge in [0.2, 0.25) is 0 Å². The maximum Gasteiger partial charge on any atom is 0.335 e. The second-order valence-electron chi connectivity index (χ2n) is 4.82. The summed E-state index contributed by atoms with van der Waals surface area (Å²) < 4.78 is 2.06. The minimum Gasteiger partial charge on any atom is -0.478 e. The highest BCUT2D eigenvalue weighted by Crippen LogP contribution is 2.20. The number of benzene rings is 2. The fraction of sp³-hybridized carbons (Fsp3) is 0.0588. The van der Waals surface area contributed by atoms with Crippen LogP contribution in [0.1, 0.15) is 15.9 Å². The predicted molar refractivity (Wildman–Crippen MR) is 83.6 cm³/mol. The summed E-state index contributed by atoms with van der Waals surface area (Å²) in [5.74, 6) is -0.931. The Morgan fingerprint density at radius 1 is 1.14 bits per heavy atom. The molecule has 21 heavy (non-hydrogen) atoms. The number of hydrogen-bond donors (Lipinski definition) is 1. The number of aromatic nitrogens is 1. The highest BCUT2D eigenvalue weighted by Gasteiger charge is 2.04. The number of aromatic carboxylic acids is 1. The van der Waals surface area contributed by atoms with Crippen molar-refractivity contribution in [3.8, 4) is 0 Å². The van der Waals surface area contributed by atoms with Crippen LogP contribution in [-0.2, 0) is 7.05 Å². The van der Waals surface area contributed by atoms with Crippen LogP contribution in [0.25, 0.3) is 10.9 Å². The van der Waals surface area contributed by atoms with Crippen molar-refractivity contribution in [2.75, 3.05) is 0 Å². The lowest BCUT2D eigenvalue weighted by Crippen LogP contribution is -1.94. The second kappa shape index (κ2) is 5.25. The second-order valence-corrected chi connectivity index (χ2v) is 4.82. The number of nitrogens with zero attached hydrogens (tertiary/aromatic N) is 2. The molecule has 3 aromatic rings. The van der Waals surface area contributed by atoms with Crippen LogP contribution in [0.4, 0.5) is 5.69 Å². The van der Waals surface area contributed by atoms with Crippen LogP contribution in [0.3, 0.4) is 0 Å². The van der Waals surface area contributed by atoms with E-state index in [9.17, 15) is 4.79 Å². The smallest absolute Gasteiger partial charge is 0.335 e. The summed E-state index contributed by atoms with van der Waals surface area (Å²) >= 11 is 0. The Kier molecular flexibility index (Phi) is 3.28. The van der Waals surface area contributed by atoms with Crippen LogP contribution in [-0.4, -0.2) is 21.9 Å². The van der Waals surface area contributed by atoms with E-state index in [1.54, 1.807) is 30.5 Å². The topological polar surface area (TPSA) is 54.6 Å². The van der Waals surface area contributed by atoms with E-state index >= 15 is 0 Å². The Morgan fingerprint density at radius 2 is 1.86 bits per heavy atom. The SMILES string of the molecule is Cn1cc(C=Nc2ccc(C(=O)O)cc2)c2ccccc21. The van der Waals surface area contributed by atoms with Crippen molar-refractivity contribution in [2.24, 2.45) is 12.0 Å². The van der Waals surface area contributed by atoms with E-state index in [0.717, 1.165) is 22.2 Å². The van der Waals surface area contributed by atoms with Crippen LogP contribution >= 0.6 is 0 Å². The van der Waals surface area contributed by atoms with Crippen molar-refractivity contribution in [3.63, 3.8) is 0 Å². The first-order valence-corrected chi connectivity index (χ1v) is 6.56. The molecule has 1 heterocycles. The maximum absolute atomic E-state index is 10.8. The van der Waals surface area contributed by atoms with Gasteiger partial charge in [-0.25, -0.2) is 4.79 Å². The molecule has 0 atom stereocenters. The van der Waals surface area contributed by atoms with Gasteiger partial charge in [-0.2, -0.15) is 0 Å². The average Bonchev–Trinajstić information content (AvgIpc) is 2.83. The molecule has 0 unspecified atom stereocenters. The zero-order valence-corrected chi connectivity index (χ0v) is 11.5. The van der Waals surface area contributed by atoms with E-state index in [4.69, 9.17) is 5.11 Å². The Labute approximate surface area is 122 Å². The molecule has 4 nitrogen and oxygen atoms in total. The molecule has 0 aliphatic carbocycles. The summed E-state index contributed by atoms with van der Waals surface area (Å²) in [6, 6.07) is 14.6. The van der Waals surface area contributed by atoms with Crippen molar-refractivity contribution in [2.45, 2.75) is 0 Å². The maximum atomic E-state index is 10.8. The summed E-state index contributed by atoms with van der Waals surface area (Å²) in [6.45, 7) is 0. The first kappa shape index (κ1) is 13.1. The lowest BCUT2D eigenvalue weighted by atomic mass is 10.2. The van der Waals surface area contributed by atoms with E-state index in [2.05, 4.69) is 21.7 Å². The van der Waals surface area contributed by atoms with Crippen molar-refractivity contribution >= 4 is 28.8 Å². The third-order valence-corrected chi connectivity index (χ3v) is 3.39. The first-order valence-electron chi connectivity index (χ1n) is 6.56. The molecule has 0 aliphatic rings. The van der Waals surface area contributed by atoms with Gasteiger partial charge in [0, 0.05) is 35.9 Å². The monoisotopic (exact) mass is 278 g/mol. The average molecular weight is 278 g/mol. The quantitative estimate of drug-likeness (QED) is 0.744. The molecule has 0 saturated heterocycles. The number of aryl methyl sites for hydroxylation is 1. The minimum absolute atomic E-state index is 0.263. The standard InChI is InChI=1S/C17H14N2O2/c1-19-11-13(15-4-2-3-5-16(15)19)10-18-14-8-6-12(7-9-14)17(20)21/h2-11H,1H3,(H,20,21). The Bertz CT molecular complexity index is 830. The molecule has 0 bridgehead atoms. The van der Waals surface area contributed by atoms with E-state index in [1.165, 1.54) is 0 Å². The van der Waals surface area contributed by atoms with Gasteiger partial charge in [-0.15, -0.1) is 0 Å². The fourth-order valence-corrected chi connectivity index (χ4v) is 2.31. The first-order chi connectivity index (χ1) is 10.1. The lowest BCUT2D eigenvalue weighted by Gasteiger charge is -1.95. The van der Waals surface area contributed by atoms with Gasteiger partial charge in [-0.05, 0) is 30.3 Å². The molecule has 4 heteroatoms. The van der Waals surface area contributed by atoms with Crippen molar-refractivity contribution < 1.29 is 9.90 Å². The van der Waals surface area contributed by atoms with Crippen molar-refractivity contribution in [3.05, 3.63) is 65.9 Å². The third-order valence-electron chi connectivity index (χ3n) is 3.39. The van der Waals surface area contributed by atoms with Gasteiger partial charge < -0.3 is 9.67 Å². The van der Waals surface area contributed by atoms with E-state index in [-0.39, 0.29) is 5.56 Å². The summed E-state index contributed by atoms with van der Waals surface area (Å²) in [4.78, 5) is 15.2. The molecular formula is C17H14N2O2. The highest BCUT2D eigenvalue weighted by atomic mass is 16.4. The van der Waals surface area contributed by atoms with Crippen LogP contribution in [0.5, 0.6) is 0 Å². The predicted octanol–water partition coefficient (Wildman–Crippen LogP) is 3.63. The summed E-state index contributed by atoms with van der Waals surface area (Å²) in [6.07, 6.45) is 3.83. The summed E-state index contributed by atoms with van der Waals surface area (Å²) in [5, 5.41) is 10.0. The zero-order valence-electron chi connectivity index (χ0n) is 11.5. The zero-order chi connectivity index (χ0) is 14.8. The van der Waals surface area contributed by atoms with Gasteiger partial charge in [0.1, 0.15) is 0 Å². The van der Waals surface area contributed by atoms with Crippen molar-refractivity contribution in [1.82, 2.24) is 4.57 Å². The molecule has 0 spiro atoms. The fourth-order valence-electron chi connectivity index (χ4n) is 2.31. The summed E-state index contributed by atoms with van der Waals surface area (Å²) in [5.41, 5.74) is 3.18. The Morgan fingerprint density at radius 3 is 2.57 bits per heavy atom. The van der Waals surface area contributed by atoms with Gasteiger partial charge in [-0.1, -0.05) is 18.2 Å². The van der Waals surface area contributed by atoms with E-state index in [1.807, 2.05) is 25.4 Å². The number of rotatable bonds is 3. The number of fused-ring (bicyclic) bond motifs is 1. The number of para-hydroxylation sites is 1. The number of hydrogen-bond acceptors (Lipinski definition) is 2. The molecule has 1 aromatic heterocycles. The molecule has 0 saturated carbocycles. The highest BCUT2D eigenvalue weighted by molar-refractivity contribution is 6.00. The molecule has 0 radical (unpaired) electrons. The van der Waals surface area contributed by atoms with E-state index < -0.39 is 5.97 Å². The molecule has 0 amide bonds. The largest absolute Gasteiger partial charge is 0.478 e. The van der Waals surface area contributed by atoms with Gasteiger partial charge in [0.15, 0.2) is 0 Å². The molecule has 3 rings (SSSR count). The molecule has 0 aliphatic heterocycles. The van der Waals surface area contributed by atoms with Gasteiger partial charge in [0.25, 0.3) is 0 Å². The summed E-state index contributed by atoms with van der Waals surface area (Å²) in [7, 11) is 2.00. The van der Waals surface area contributed by atoms with Gasteiger partial charge >= 0.3 is 5.97 Å². The number of carbonyl (C=O) groups is 1. The molecule has 1 N–H and O–H groups in total. The normalized spacial score (nSPS) is 11.3. The Hall–Kier alpha value is -2.88. The molecular weight excluding hydrogens is 264 g/mol. The number of aliphatic imine (C=N–C) groups is 1. The van der Waals surface area contributed by atoms with E-state index in [0.29, 0.717) is 0 Å². The minimum atomic E-state index is -0.931. The molecule has 0 fully saturated rings. The van der Waals surface area contributed by atoms with Crippen LogP contribution in [0.2, 0.25) is 0 Å². The van der Waals surface area contributed by atoms with Crippen LogP contribution in [0.15, 0.2) is 59.7 Å². The Balaban J connectivity index is 1.92. The van der Waals surface area contributed by atoms with Gasteiger partial charge in [-0.3, -0.25) is 4.99 Å². The third kappa shape index (κ3) is 2.56. The number of carboxylic acids is 1. The number of carboxylic acid groups (broad SMARTS) is 1. The lowest BCUT2D eigenvalue weighted by molar-refractivity contribution is 0.0697. The molecule has 104 valence electrons. The van der Waals surface area contributed by atoms with Gasteiger partial charge in [0.05, 0.1) is 11.3 Å².